The van der Waals surface area contributed by atoms with Crippen molar-refractivity contribution in [1.29, 1.82) is 0 Å². The number of anilines is 1. The first-order chi connectivity index (χ1) is 12.5. The Morgan fingerprint density at radius 2 is 1.41 bits per heavy atom. The van der Waals surface area contributed by atoms with Crippen LogP contribution in [0.5, 0.6) is 11.5 Å². The Kier molecular flexibility index (Phi) is 6.03. The maximum Gasteiger partial charge on any atom is 0.265 e. The van der Waals surface area contributed by atoms with Crippen LogP contribution in [0.1, 0.15) is 5.56 Å². The zero-order valence-corrected chi connectivity index (χ0v) is 17.3. The zero-order valence-electron chi connectivity index (χ0n) is 15.7. The molecule has 0 fully saturated rings. The van der Waals surface area contributed by atoms with Crippen molar-refractivity contribution in [3.8, 4) is 11.5 Å². The number of nitrogens with zero attached hydrogens (tertiary/aromatic N) is 1. The van der Waals surface area contributed by atoms with Gasteiger partial charge in [0.2, 0.25) is 10.0 Å². The van der Waals surface area contributed by atoms with Gasteiger partial charge in [-0.15, -0.1) is 0 Å². The predicted molar refractivity (Wildman–Crippen MR) is 102 cm³/mol. The number of ether oxygens (including phenoxy) is 2. The molecule has 0 unspecified atom stereocenters. The van der Waals surface area contributed by atoms with E-state index in [1.165, 1.54) is 52.6 Å². The van der Waals surface area contributed by atoms with E-state index >= 15 is 0 Å². The predicted octanol–water partition coefficient (Wildman–Crippen LogP) is 2.06. The topological polar surface area (TPSA) is 102 Å². The summed E-state index contributed by atoms with van der Waals surface area (Å²) in [7, 11) is -2.37. The van der Waals surface area contributed by atoms with Crippen molar-refractivity contribution >= 4 is 25.7 Å². The van der Waals surface area contributed by atoms with Crippen molar-refractivity contribution in [2.24, 2.45) is 0 Å². The molecule has 10 heteroatoms. The third-order valence-electron chi connectivity index (χ3n) is 3.78. The molecule has 0 saturated heterocycles. The Morgan fingerprint density at radius 3 is 1.96 bits per heavy atom. The molecule has 0 saturated carbocycles. The Bertz CT molecular complexity index is 1050. The summed E-state index contributed by atoms with van der Waals surface area (Å²) < 4.78 is 64.2. The Balaban J connectivity index is 2.54. The lowest BCUT2D eigenvalue weighted by molar-refractivity contribution is 0.400. The van der Waals surface area contributed by atoms with Gasteiger partial charge in [0.15, 0.2) is 0 Å². The van der Waals surface area contributed by atoms with Crippen LogP contribution < -0.4 is 14.2 Å². The zero-order chi connectivity index (χ0) is 20.4. The SMILES string of the molecule is COc1ccc(C)cc1S(=O)(=O)Nc1ccc(OC)c(S(=O)(=O)N(C)C)c1. The summed E-state index contributed by atoms with van der Waals surface area (Å²) in [5, 5.41) is 0. The number of nitrogens with one attached hydrogen (secondary N) is 1. The van der Waals surface area contributed by atoms with E-state index in [1.54, 1.807) is 19.1 Å². The van der Waals surface area contributed by atoms with Crippen molar-refractivity contribution in [3.63, 3.8) is 0 Å². The van der Waals surface area contributed by atoms with Gasteiger partial charge in [-0.1, -0.05) is 6.07 Å². The largest absolute Gasteiger partial charge is 0.495 e. The Labute approximate surface area is 159 Å². The van der Waals surface area contributed by atoms with E-state index in [9.17, 15) is 16.8 Å². The maximum atomic E-state index is 12.8. The van der Waals surface area contributed by atoms with Crippen LogP contribution in [0, 0.1) is 6.92 Å². The molecular weight excluding hydrogens is 392 g/mol. The van der Waals surface area contributed by atoms with E-state index in [-0.39, 0.29) is 27.0 Å². The van der Waals surface area contributed by atoms with E-state index in [0.29, 0.717) is 0 Å². The summed E-state index contributed by atoms with van der Waals surface area (Å²) in [5.41, 5.74) is 0.821. The van der Waals surface area contributed by atoms with Crippen molar-refractivity contribution in [3.05, 3.63) is 42.0 Å². The molecule has 0 spiro atoms. The van der Waals surface area contributed by atoms with Crippen LogP contribution in [-0.4, -0.2) is 49.5 Å². The van der Waals surface area contributed by atoms with Gasteiger partial charge in [-0.3, -0.25) is 4.72 Å². The molecule has 27 heavy (non-hydrogen) atoms. The lowest BCUT2D eigenvalue weighted by Crippen LogP contribution is -2.23. The molecule has 0 aliphatic rings. The molecule has 0 bridgehead atoms. The molecule has 0 radical (unpaired) electrons. The third kappa shape index (κ3) is 4.34. The summed E-state index contributed by atoms with van der Waals surface area (Å²) in [6, 6.07) is 8.79. The highest BCUT2D eigenvalue weighted by Crippen LogP contribution is 2.31. The average Bonchev–Trinajstić information content (AvgIpc) is 2.61. The van der Waals surface area contributed by atoms with Gasteiger partial charge >= 0.3 is 0 Å². The number of rotatable bonds is 7. The summed E-state index contributed by atoms with van der Waals surface area (Å²) in [4.78, 5) is -0.191. The van der Waals surface area contributed by atoms with Gasteiger partial charge in [0.25, 0.3) is 10.0 Å². The molecule has 0 atom stereocenters. The number of hydrogen-bond donors (Lipinski definition) is 1. The second-order valence-electron chi connectivity index (χ2n) is 5.91. The normalized spacial score (nSPS) is 12.1. The van der Waals surface area contributed by atoms with E-state index in [4.69, 9.17) is 9.47 Å². The second kappa shape index (κ2) is 7.75. The fraction of sp³-hybridized carbons (Fsp3) is 0.294. The van der Waals surface area contributed by atoms with E-state index in [2.05, 4.69) is 4.72 Å². The highest BCUT2D eigenvalue weighted by atomic mass is 32.2. The molecule has 0 aromatic heterocycles. The Hall–Kier alpha value is -2.30. The number of aryl methyl sites for hydroxylation is 1. The Morgan fingerprint density at radius 1 is 0.852 bits per heavy atom. The fourth-order valence-electron chi connectivity index (χ4n) is 2.34. The summed E-state index contributed by atoms with van der Waals surface area (Å²) in [5.74, 6) is 0.294. The highest BCUT2D eigenvalue weighted by Gasteiger charge is 2.25. The summed E-state index contributed by atoms with van der Waals surface area (Å²) >= 11 is 0. The van der Waals surface area contributed by atoms with Gasteiger partial charge in [-0.25, -0.2) is 21.1 Å². The van der Waals surface area contributed by atoms with E-state index in [0.717, 1.165) is 9.87 Å². The lowest BCUT2D eigenvalue weighted by Gasteiger charge is -2.17. The van der Waals surface area contributed by atoms with Crippen molar-refractivity contribution in [1.82, 2.24) is 4.31 Å². The number of hydrogen-bond acceptors (Lipinski definition) is 6. The van der Waals surface area contributed by atoms with Crippen molar-refractivity contribution < 1.29 is 26.3 Å². The first-order valence-electron chi connectivity index (χ1n) is 7.81. The second-order valence-corrected chi connectivity index (χ2v) is 9.68. The monoisotopic (exact) mass is 414 g/mol. The molecule has 0 aliphatic heterocycles. The molecule has 0 heterocycles. The van der Waals surface area contributed by atoms with Crippen LogP contribution in [-0.2, 0) is 20.0 Å². The van der Waals surface area contributed by atoms with E-state index < -0.39 is 20.0 Å². The molecule has 0 aliphatic carbocycles. The minimum Gasteiger partial charge on any atom is -0.495 e. The van der Waals surface area contributed by atoms with Crippen molar-refractivity contribution in [2.75, 3.05) is 33.0 Å². The molecule has 8 nitrogen and oxygen atoms in total. The van der Waals surface area contributed by atoms with Gasteiger partial charge in [0.1, 0.15) is 21.3 Å². The third-order valence-corrected chi connectivity index (χ3v) is 7.02. The molecule has 2 aromatic rings. The minimum absolute atomic E-state index is 0.0437. The molecule has 148 valence electrons. The van der Waals surface area contributed by atoms with Crippen LogP contribution in [0.4, 0.5) is 5.69 Å². The van der Waals surface area contributed by atoms with Crippen LogP contribution in [0.15, 0.2) is 46.2 Å². The van der Waals surface area contributed by atoms with Crippen LogP contribution in [0.2, 0.25) is 0 Å². The lowest BCUT2D eigenvalue weighted by atomic mass is 10.2. The van der Waals surface area contributed by atoms with Gasteiger partial charge in [0, 0.05) is 14.1 Å². The van der Waals surface area contributed by atoms with Gasteiger partial charge in [-0.2, -0.15) is 0 Å². The standard InChI is InChI=1S/C17H22N2O6S2/c1-12-6-8-14(24-4)16(10-12)26(20,21)18-13-7-9-15(25-5)17(11-13)27(22,23)19(2)3/h6-11,18H,1-5H3. The minimum atomic E-state index is -4.00. The molecule has 2 rings (SSSR count). The smallest absolute Gasteiger partial charge is 0.265 e. The first-order valence-corrected chi connectivity index (χ1v) is 10.7. The number of sulfonamides is 2. The average molecular weight is 415 g/mol. The molecule has 1 N–H and O–H groups in total. The first kappa shape index (κ1) is 21.0. The van der Waals surface area contributed by atoms with Crippen molar-refractivity contribution in [2.45, 2.75) is 16.7 Å². The quantitative estimate of drug-likeness (QED) is 0.744. The van der Waals surface area contributed by atoms with Crippen LogP contribution in [0.3, 0.4) is 0 Å². The molecule has 2 aromatic carbocycles. The molecule has 0 amide bonds. The molecular formula is C17H22N2O6S2. The fourth-order valence-corrected chi connectivity index (χ4v) is 4.72. The maximum absolute atomic E-state index is 12.8. The number of methoxy groups -OCH3 is 2. The highest BCUT2D eigenvalue weighted by molar-refractivity contribution is 7.92. The summed E-state index contributed by atoms with van der Waals surface area (Å²) in [6.07, 6.45) is 0. The van der Waals surface area contributed by atoms with Crippen LogP contribution in [0.25, 0.3) is 0 Å². The van der Waals surface area contributed by atoms with Gasteiger partial charge < -0.3 is 9.47 Å². The van der Waals surface area contributed by atoms with Gasteiger partial charge in [0.05, 0.1) is 19.9 Å². The van der Waals surface area contributed by atoms with E-state index in [1.807, 2.05) is 0 Å². The van der Waals surface area contributed by atoms with Gasteiger partial charge in [-0.05, 0) is 42.8 Å². The van der Waals surface area contributed by atoms with Crippen LogP contribution >= 0.6 is 0 Å². The number of benzene rings is 2. The summed E-state index contributed by atoms with van der Waals surface area (Å²) in [6.45, 7) is 1.76.